The smallest absolute Gasteiger partial charge is 0.342 e. The van der Waals surface area contributed by atoms with Crippen LogP contribution in [0.3, 0.4) is 0 Å². The van der Waals surface area contributed by atoms with Crippen LogP contribution in [0.2, 0.25) is 0 Å². The lowest BCUT2D eigenvalue weighted by atomic mass is 9.99. The molecule has 1 aromatic rings. The Morgan fingerprint density at radius 2 is 1.97 bits per heavy atom. The van der Waals surface area contributed by atoms with E-state index in [0.29, 0.717) is 24.1 Å². The summed E-state index contributed by atoms with van der Waals surface area (Å²) >= 11 is 0. The summed E-state index contributed by atoms with van der Waals surface area (Å²) in [7, 11) is 0. The van der Waals surface area contributed by atoms with Crippen LogP contribution in [0, 0.1) is 0 Å². The molecule has 0 aliphatic carbocycles. The fraction of sp³-hybridized carbons (Fsp3) is 0.480. The number of esters is 1. The molecular weight excluding hydrogens is 438 g/mol. The first-order valence-electron chi connectivity index (χ1n) is 11.6. The molecule has 0 aromatic heterocycles. The minimum Gasteiger partial charge on any atom is -0.508 e. The third-order valence-electron chi connectivity index (χ3n) is 5.72. The van der Waals surface area contributed by atoms with Crippen molar-refractivity contribution < 1.29 is 29.4 Å². The number of phenolic OH excluding ortho intramolecular Hbond substituents is 2. The van der Waals surface area contributed by atoms with Gasteiger partial charge in [0, 0.05) is 38.0 Å². The molecule has 0 saturated carbocycles. The van der Waals surface area contributed by atoms with E-state index >= 15 is 0 Å². The van der Waals surface area contributed by atoms with Gasteiger partial charge in [-0.1, -0.05) is 23.4 Å². The average Bonchev–Trinajstić information content (AvgIpc) is 2.78. The topological polar surface area (TPSA) is 135 Å². The number of fused-ring (bicyclic) bond motifs is 1. The maximum atomic E-state index is 12.8. The third kappa shape index (κ3) is 7.34. The summed E-state index contributed by atoms with van der Waals surface area (Å²) in [5.74, 6) is -1.43. The Morgan fingerprint density at radius 1 is 1.21 bits per heavy atom. The standard InChI is InChI=1S/C25H33N3O6/c1-17-7-5-8-19(26)9-6-10-20(27-33-16-23(31)28-11-3-2-4-12-28)13-18-14-21(29)15-22(30)24(18)25(32)34-17/h5-6,8,10,14-15,17,19,29-30H,2-4,7,9,11-13,16,26H2,1H3/t17-,19-/m1/s1. The number of allylic oxidation sites excluding steroid dienone is 1. The van der Waals surface area contributed by atoms with Gasteiger partial charge in [0.15, 0.2) is 6.61 Å². The summed E-state index contributed by atoms with van der Waals surface area (Å²) < 4.78 is 5.48. The lowest BCUT2D eigenvalue weighted by Gasteiger charge is -2.26. The van der Waals surface area contributed by atoms with E-state index < -0.39 is 12.1 Å². The molecule has 9 nitrogen and oxygen atoms in total. The largest absolute Gasteiger partial charge is 0.508 e. The van der Waals surface area contributed by atoms with E-state index in [0.717, 1.165) is 38.4 Å². The summed E-state index contributed by atoms with van der Waals surface area (Å²) in [4.78, 5) is 32.3. The second kappa shape index (κ2) is 12.2. The first kappa shape index (κ1) is 25.3. The highest BCUT2D eigenvalue weighted by Crippen LogP contribution is 2.29. The number of hydrogen-bond acceptors (Lipinski definition) is 8. The van der Waals surface area contributed by atoms with Gasteiger partial charge in [-0.25, -0.2) is 4.79 Å². The molecule has 0 spiro atoms. The quantitative estimate of drug-likeness (QED) is 0.350. The van der Waals surface area contributed by atoms with Gasteiger partial charge in [0.25, 0.3) is 5.91 Å². The Hall–Kier alpha value is -3.33. The molecule has 1 saturated heterocycles. The number of phenols is 2. The fourth-order valence-electron chi connectivity index (χ4n) is 3.94. The number of oxime groups is 1. The molecular formula is C25H33N3O6. The summed E-state index contributed by atoms with van der Waals surface area (Å²) in [5, 5.41) is 24.5. The number of likely N-dealkylation sites (tertiary alicyclic amines) is 1. The number of piperidine rings is 1. The van der Waals surface area contributed by atoms with Crippen molar-refractivity contribution in [3.05, 3.63) is 47.6 Å². The number of nitrogens with two attached hydrogens (primary N) is 1. The van der Waals surface area contributed by atoms with Crippen molar-refractivity contribution in [3.8, 4) is 11.5 Å². The van der Waals surface area contributed by atoms with Crippen molar-refractivity contribution in [2.24, 2.45) is 10.9 Å². The molecule has 1 aromatic carbocycles. The van der Waals surface area contributed by atoms with Crippen LogP contribution in [0.15, 0.2) is 41.6 Å². The van der Waals surface area contributed by atoms with Crippen molar-refractivity contribution in [2.45, 2.75) is 57.6 Å². The van der Waals surface area contributed by atoms with Gasteiger partial charge in [0.1, 0.15) is 23.2 Å². The highest BCUT2D eigenvalue weighted by atomic mass is 16.6. The zero-order valence-electron chi connectivity index (χ0n) is 19.5. The monoisotopic (exact) mass is 471 g/mol. The van der Waals surface area contributed by atoms with E-state index in [1.54, 1.807) is 17.9 Å². The molecule has 0 unspecified atom stereocenters. The first-order valence-corrected chi connectivity index (χ1v) is 11.6. The van der Waals surface area contributed by atoms with Crippen LogP contribution in [-0.2, 0) is 20.8 Å². The number of rotatable bonds is 3. The molecule has 184 valence electrons. The maximum Gasteiger partial charge on any atom is 0.342 e. The van der Waals surface area contributed by atoms with E-state index in [-0.39, 0.29) is 42.0 Å². The van der Waals surface area contributed by atoms with Gasteiger partial charge in [-0.3, -0.25) is 4.79 Å². The Bertz CT molecular complexity index is 966. The number of ether oxygens (including phenoxy) is 1. The second-order valence-electron chi connectivity index (χ2n) is 8.66. The van der Waals surface area contributed by atoms with E-state index in [9.17, 15) is 19.8 Å². The Kier molecular flexibility index (Phi) is 9.09. The van der Waals surface area contributed by atoms with Crippen LogP contribution >= 0.6 is 0 Å². The van der Waals surface area contributed by atoms with Crippen LogP contribution < -0.4 is 5.73 Å². The number of aromatic hydroxyl groups is 2. The molecule has 2 heterocycles. The molecule has 1 fully saturated rings. The number of hydrogen-bond donors (Lipinski definition) is 3. The van der Waals surface area contributed by atoms with Crippen LogP contribution in [0.5, 0.6) is 11.5 Å². The van der Waals surface area contributed by atoms with Crippen molar-refractivity contribution in [1.29, 1.82) is 0 Å². The first-order chi connectivity index (χ1) is 16.3. The lowest BCUT2D eigenvalue weighted by molar-refractivity contribution is -0.137. The van der Waals surface area contributed by atoms with E-state index in [4.69, 9.17) is 15.3 Å². The van der Waals surface area contributed by atoms with Crippen molar-refractivity contribution in [1.82, 2.24) is 4.90 Å². The van der Waals surface area contributed by atoms with Gasteiger partial charge in [-0.2, -0.15) is 0 Å². The number of nitrogens with zero attached hydrogens (tertiary/aromatic N) is 2. The molecule has 2 aliphatic rings. The molecule has 1 amide bonds. The normalized spacial score (nSPS) is 23.2. The SMILES string of the molecule is C[C@@H]1CC=C[C@@H](N)CC=CC(=NOCC(=O)N2CCCCC2)Cc2cc(O)cc(O)c2C(=O)O1. The number of amides is 1. The number of carbonyl (C=O) groups is 2. The highest BCUT2D eigenvalue weighted by Gasteiger charge is 2.22. The van der Waals surface area contributed by atoms with Crippen molar-refractivity contribution in [2.75, 3.05) is 19.7 Å². The molecule has 0 radical (unpaired) electrons. The van der Waals surface area contributed by atoms with Gasteiger partial charge in [-0.05, 0) is 50.3 Å². The predicted octanol–water partition coefficient (Wildman–Crippen LogP) is 2.80. The van der Waals surface area contributed by atoms with Crippen molar-refractivity contribution in [3.63, 3.8) is 0 Å². The minimum absolute atomic E-state index is 0.0483. The van der Waals surface area contributed by atoms with Gasteiger partial charge >= 0.3 is 5.97 Å². The molecule has 34 heavy (non-hydrogen) atoms. The van der Waals surface area contributed by atoms with E-state index in [1.807, 2.05) is 18.2 Å². The molecule has 0 bridgehead atoms. The predicted molar refractivity (Wildman–Crippen MR) is 128 cm³/mol. The van der Waals surface area contributed by atoms with E-state index in [1.165, 1.54) is 6.07 Å². The molecule has 2 aliphatic heterocycles. The Labute approximate surface area is 199 Å². The van der Waals surface area contributed by atoms with Gasteiger partial charge < -0.3 is 30.4 Å². The summed E-state index contributed by atoms with van der Waals surface area (Å²) in [5.41, 5.74) is 6.78. The maximum absolute atomic E-state index is 12.8. The fourth-order valence-corrected chi connectivity index (χ4v) is 3.94. The van der Waals surface area contributed by atoms with Crippen molar-refractivity contribution >= 4 is 17.6 Å². The molecule has 3 rings (SSSR count). The van der Waals surface area contributed by atoms with Gasteiger partial charge in [0.2, 0.25) is 0 Å². The lowest BCUT2D eigenvalue weighted by Crippen LogP contribution is -2.37. The molecule has 4 N–H and O–H groups in total. The van der Waals surface area contributed by atoms with Crippen LogP contribution in [0.25, 0.3) is 0 Å². The summed E-state index contributed by atoms with van der Waals surface area (Å²) in [6.07, 6.45) is 10.9. The van der Waals surface area contributed by atoms with Gasteiger partial charge in [0.05, 0.1) is 5.71 Å². The molecule has 9 heteroatoms. The van der Waals surface area contributed by atoms with Gasteiger partial charge in [-0.15, -0.1) is 0 Å². The van der Waals surface area contributed by atoms with Crippen LogP contribution in [0.1, 0.15) is 54.9 Å². The number of carbonyl (C=O) groups excluding carboxylic acids is 2. The number of benzene rings is 1. The Morgan fingerprint density at radius 3 is 2.74 bits per heavy atom. The van der Waals surface area contributed by atoms with E-state index in [2.05, 4.69) is 5.16 Å². The highest BCUT2D eigenvalue weighted by molar-refractivity contribution is 6.00. The summed E-state index contributed by atoms with van der Waals surface area (Å²) in [6.45, 7) is 2.99. The summed E-state index contributed by atoms with van der Waals surface area (Å²) in [6, 6.07) is 2.24. The Balaban J connectivity index is 1.86. The van der Waals surface area contributed by atoms with Crippen LogP contribution in [-0.4, -0.2) is 64.5 Å². The second-order valence-corrected chi connectivity index (χ2v) is 8.66. The minimum atomic E-state index is -0.709. The zero-order valence-corrected chi connectivity index (χ0v) is 19.5. The number of cyclic esters (lactones) is 1. The third-order valence-corrected chi connectivity index (χ3v) is 5.72. The molecule has 2 atom stereocenters. The average molecular weight is 472 g/mol. The zero-order chi connectivity index (χ0) is 24.5. The van der Waals surface area contributed by atoms with Crippen LogP contribution in [0.4, 0.5) is 0 Å².